The second-order valence-electron chi connectivity index (χ2n) is 13.5. The molecule has 2 N–H and O–H groups in total. The van der Waals surface area contributed by atoms with Crippen molar-refractivity contribution in [3.8, 4) is 0 Å². The molecular weight excluding hydrogens is 664 g/mol. The average molecular weight is 733 g/mol. The number of rotatable bonds is 14. The third-order valence-corrected chi connectivity index (χ3v) is 8.68. The molecule has 2 saturated heterocycles. The Kier molecular flexibility index (Phi) is 25.2. The summed E-state index contributed by atoms with van der Waals surface area (Å²) in [6.07, 6.45) is 15.0. The van der Waals surface area contributed by atoms with E-state index in [1.165, 1.54) is 26.0 Å². The van der Waals surface area contributed by atoms with Crippen LogP contribution in [0.25, 0.3) is 0 Å². The highest BCUT2D eigenvalue weighted by atomic mass is 16.5. The molecule has 11 heteroatoms. The fraction of sp³-hybridized carbons (Fsp3) is 0.634. The fourth-order valence-electron chi connectivity index (χ4n) is 5.67. The standard InChI is InChI=1S/C20H31NO4.C19H29NO5.2CH4/c1-7-13(2)8-10-19-14(3)12-18(16(5)25-19)21-20(23)11-9-15(4)24-17(6)22;1-12(11-21)6-8-18-13(2)10-17(15(4)25-18)20-19(23)9-7-14(3)24-16(5)22;;/h7-9,11,14-16,18-19H,1,10,12H2,2-6H3,(H,21,23);6-7,9,11,13-15,17-18H,8,10H2,1-5H3,(H,20,23);2*1H4/b11-9-,13-8+;9-7-,12-6+;;/t14-,15-,16+,18+,19-;13-,14-,15+,17+,18-;;/m00../s1. The molecule has 2 aliphatic heterocycles. The molecule has 2 fully saturated rings. The van der Waals surface area contributed by atoms with E-state index in [0.717, 1.165) is 31.1 Å². The van der Waals surface area contributed by atoms with E-state index in [4.69, 9.17) is 18.9 Å². The van der Waals surface area contributed by atoms with Gasteiger partial charge in [-0.3, -0.25) is 24.0 Å². The Morgan fingerprint density at radius 3 is 1.40 bits per heavy atom. The largest absolute Gasteiger partial charge is 0.459 e. The van der Waals surface area contributed by atoms with Gasteiger partial charge in [-0.25, -0.2) is 0 Å². The topological polar surface area (TPSA) is 146 Å². The molecule has 2 amide bonds. The van der Waals surface area contributed by atoms with Crippen LogP contribution < -0.4 is 10.6 Å². The smallest absolute Gasteiger partial charge is 0.303 e. The summed E-state index contributed by atoms with van der Waals surface area (Å²) >= 11 is 0. The van der Waals surface area contributed by atoms with E-state index >= 15 is 0 Å². The number of ether oxygens (including phenoxy) is 4. The van der Waals surface area contributed by atoms with Gasteiger partial charge in [-0.2, -0.15) is 0 Å². The minimum atomic E-state index is -0.445. The van der Waals surface area contributed by atoms with Gasteiger partial charge in [-0.1, -0.05) is 59.1 Å². The van der Waals surface area contributed by atoms with Gasteiger partial charge in [0.25, 0.3) is 0 Å². The predicted octanol–water partition coefficient (Wildman–Crippen LogP) is 6.91. The molecule has 11 nitrogen and oxygen atoms in total. The van der Waals surface area contributed by atoms with Crippen molar-refractivity contribution in [2.24, 2.45) is 11.8 Å². The minimum Gasteiger partial charge on any atom is -0.459 e. The minimum absolute atomic E-state index is 0. The number of hydrogen-bond donors (Lipinski definition) is 2. The normalized spacial score (nSPS) is 27.3. The Morgan fingerprint density at radius 2 is 1.08 bits per heavy atom. The highest BCUT2D eigenvalue weighted by molar-refractivity contribution is 5.88. The van der Waals surface area contributed by atoms with Gasteiger partial charge in [0, 0.05) is 26.0 Å². The van der Waals surface area contributed by atoms with E-state index in [-0.39, 0.29) is 81.0 Å². The lowest BCUT2D eigenvalue weighted by Crippen LogP contribution is -2.50. The summed E-state index contributed by atoms with van der Waals surface area (Å²) in [6, 6.07) is -0.111. The molecule has 2 heterocycles. The molecule has 0 unspecified atom stereocenters. The van der Waals surface area contributed by atoms with Gasteiger partial charge >= 0.3 is 11.9 Å². The first-order valence-corrected chi connectivity index (χ1v) is 17.5. The second kappa shape index (κ2) is 26.0. The van der Waals surface area contributed by atoms with Crippen LogP contribution in [0.5, 0.6) is 0 Å². The molecule has 52 heavy (non-hydrogen) atoms. The van der Waals surface area contributed by atoms with Crippen LogP contribution in [0.4, 0.5) is 0 Å². The molecule has 2 aliphatic rings. The quantitative estimate of drug-likeness (QED) is 0.0842. The summed E-state index contributed by atoms with van der Waals surface area (Å²) in [5.41, 5.74) is 1.84. The maximum atomic E-state index is 12.1. The zero-order chi connectivity index (χ0) is 38.0. The number of aldehydes is 1. The number of hydrogen-bond acceptors (Lipinski definition) is 9. The first-order valence-electron chi connectivity index (χ1n) is 17.5. The molecule has 0 radical (unpaired) electrons. The first kappa shape index (κ1) is 50.3. The van der Waals surface area contributed by atoms with Gasteiger partial charge in [0.1, 0.15) is 18.5 Å². The number of nitrogens with one attached hydrogen (secondary N) is 2. The van der Waals surface area contributed by atoms with Gasteiger partial charge in [0.05, 0.1) is 36.5 Å². The predicted molar refractivity (Wildman–Crippen MR) is 207 cm³/mol. The van der Waals surface area contributed by atoms with E-state index in [9.17, 15) is 24.0 Å². The summed E-state index contributed by atoms with van der Waals surface area (Å²) in [5, 5.41) is 5.92. The van der Waals surface area contributed by atoms with Gasteiger partial charge in [0.2, 0.25) is 11.8 Å². The van der Waals surface area contributed by atoms with Gasteiger partial charge in [-0.15, -0.1) is 0 Å². The third kappa shape index (κ3) is 20.3. The summed E-state index contributed by atoms with van der Waals surface area (Å²) in [4.78, 5) is 56.5. The van der Waals surface area contributed by atoms with E-state index < -0.39 is 12.2 Å². The molecule has 0 aromatic rings. The Hall–Kier alpha value is -3.83. The monoisotopic (exact) mass is 732 g/mol. The van der Waals surface area contributed by atoms with Crippen LogP contribution in [0, 0.1) is 11.8 Å². The van der Waals surface area contributed by atoms with Crippen molar-refractivity contribution in [2.45, 2.75) is 158 Å². The van der Waals surface area contributed by atoms with Crippen LogP contribution in [0.2, 0.25) is 0 Å². The summed E-state index contributed by atoms with van der Waals surface area (Å²) in [6.45, 7) is 21.8. The van der Waals surface area contributed by atoms with Crippen LogP contribution >= 0.6 is 0 Å². The lowest BCUT2D eigenvalue weighted by atomic mass is 9.88. The van der Waals surface area contributed by atoms with Crippen molar-refractivity contribution in [1.29, 1.82) is 0 Å². The van der Waals surface area contributed by atoms with Gasteiger partial charge in [0.15, 0.2) is 0 Å². The van der Waals surface area contributed by atoms with Crippen LogP contribution in [0.15, 0.2) is 60.3 Å². The first-order chi connectivity index (χ1) is 23.4. The Morgan fingerprint density at radius 1 is 0.712 bits per heavy atom. The summed E-state index contributed by atoms with van der Waals surface area (Å²) in [7, 11) is 0. The number of carbonyl (C=O) groups excluding carboxylic acids is 5. The van der Waals surface area contributed by atoms with Crippen molar-refractivity contribution in [3.63, 3.8) is 0 Å². The molecule has 296 valence electrons. The number of carbonyl (C=O) groups is 5. The molecule has 0 saturated carbocycles. The van der Waals surface area contributed by atoms with Crippen molar-refractivity contribution in [3.05, 3.63) is 60.3 Å². The molecular formula is C41H68N2O9. The zero-order valence-electron chi connectivity index (χ0n) is 31.6. The summed E-state index contributed by atoms with van der Waals surface area (Å²) < 4.78 is 22.0. The highest BCUT2D eigenvalue weighted by Crippen LogP contribution is 2.29. The molecule has 0 spiro atoms. The lowest BCUT2D eigenvalue weighted by Gasteiger charge is -2.39. The number of allylic oxidation sites excluding steroid dienone is 3. The maximum absolute atomic E-state index is 12.1. The SMILES string of the molecule is C.C.C=C/C(C)=C/C[C@@H]1O[C@H](C)[C@H](NC(=O)/C=C\[C@H](C)OC(C)=O)C[C@@H]1C.CC(=O)O[C@@H](C)/C=C\C(=O)N[C@@H]1C[C@H](C)[C@H](C/C=C(\C)C=O)O[C@@H]1C. The zero-order valence-corrected chi connectivity index (χ0v) is 31.6. The van der Waals surface area contributed by atoms with Crippen molar-refractivity contribution < 1.29 is 42.9 Å². The number of esters is 2. The van der Waals surface area contributed by atoms with Gasteiger partial charge in [-0.05, 0) is 96.8 Å². The van der Waals surface area contributed by atoms with Crippen LogP contribution in [-0.4, -0.2) is 78.7 Å². The van der Waals surface area contributed by atoms with Crippen LogP contribution in [0.1, 0.15) is 110 Å². The van der Waals surface area contributed by atoms with Crippen LogP contribution in [0.3, 0.4) is 0 Å². The van der Waals surface area contributed by atoms with Crippen LogP contribution in [-0.2, 0) is 42.9 Å². The number of amides is 2. The molecule has 0 aromatic heterocycles. The molecule has 0 aromatic carbocycles. The third-order valence-electron chi connectivity index (χ3n) is 8.68. The van der Waals surface area contributed by atoms with E-state index in [2.05, 4.69) is 37.1 Å². The van der Waals surface area contributed by atoms with Gasteiger partial charge < -0.3 is 29.6 Å². The maximum Gasteiger partial charge on any atom is 0.303 e. The lowest BCUT2D eigenvalue weighted by molar-refractivity contribution is -0.144. The molecule has 0 aliphatic carbocycles. The second-order valence-corrected chi connectivity index (χ2v) is 13.5. The fourth-order valence-corrected chi connectivity index (χ4v) is 5.67. The van der Waals surface area contributed by atoms with Crippen molar-refractivity contribution in [1.82, 2.24) is 10.6 Å². The van der Waals surface area contributed by atoms with E-state index in [1.54, 1.807) is 32.9 Å². The summed E-state index contributed by atoms with van der Waals surface area (Å²) in [5.74, 6) is -0.576. The van der Waals surface area contributed by atoms with E-state index in [0.29, 0.717) is 17.9 Å². The Labute approximate surface area is 313 Å². The average Bonchev–Trinajstić information content (AvgIpc) is 3.03. The molecule has 0 bridgehead atoms. The molecule has 10 atom stereocenters. The van der Waals surface area contributed by atoms with Crippen molar-refractivity contribution >= 4 is 30.0 Å². The highest BCUT2D eigenvalue weighted by Gasteiger charge is 2.34. The molecule has 2 rings (SSSR count). The van der Waals surface area contributed by atoms with E-state index in [1.807, 2.05) is 32.9 Å². The Balaban J connectivity index is 0. The van der Waals surface area contributed by atoms with Crippen molar-refractivity contribution in [2.75, 3.05) is 0 Å². The Bertz CT molecular complexity index is 1170.